The highest BCUT2D eigenvalue weighted by molar-refractivity contribution is 5.89. The predicted octanol–water partition coefficient (Wildman–Crippen LogP) is 4.03. The van der Waals surface area contributed by atoms with Gasteiger partial charge in [-0.05, 0) is 49.2 Å². The molecule has 2 amide bonds. The van der Waals surface area contributed by atoms with Crippen molar-refractivity contribution in [1.29, 1.82) is 5.26 Å². The summed E-state index contributed by atoms with van der Waals surface area (Å²) in [4.78, 5) is 14.3. The number of pyridine rings is 1. The number of aromatic nitrogens is 3. The molecule has 4 rings (SSSR count). The van der Waals surface area contributed by atoms with E-state index in [1.165, 1.54) is 10.5 Å². The maximum Gasteiger partial charge on any atom is 0.417 e. The van der Waals surface area contributed by atoms with Crippen LogP contribution in [0, 0.1) is 11.3 Å². The number of alkyl halides is 3. The molecule has 1 aliphatic heterocycles. The van der Waals surface area contributed by atoms with Crippen LogP contribution in [0.2, 0.25) is 0 Å². The molecule has 10 heteroatoms. The molecule has 1 N–H and O–H groups in total. The number of benzene rings is 1. The number of amides is 2. The molecule has 30 heavy (non-hydrogen) atoms. The first-order chi connectivity index (χ1) is 14.3. The molecule has 0 spiro atoms. The van der Waals surface area contributed by atoms with Crippen LogP contribution < -0.4 is 5.32 Å². The molecule has 7 nitrogen and oxygen atoms in total. The van der Waals surface area contributed by atoms with Gasteiger partial charge in [-0.2, -0.15) is 18.4 Å². The molecule has 0 radical (unpaired) electrons. The zero-order valence-electron chi connectivity index (χ0n) is 15.7. The number of hydrogen-bond acceptors (Lipinski definition) is 4. The van der Waals surface area contributed by atoms with E-state index in [9.17, 15) is 18.0 Å². The normalized spacial score (nSPS) is 17.0. The van der Waals surface area contributed by atoms with Gasteiger partial charge in [0.15, 0.2) is 5.65 Å². The molecule has 1 unspecified atom stereocenters. The number of piperidine rings is 1. The Balaban J connectivity index is 1.52. The first kappa shape index (κ1) is 19.7. The molecule has 0 saturated carbocycles. The third kappa shape index (κ3) is 3.91. The number of halogens is 3. The second kappa shape index (κ2) is 7.67. The zero-order valence-corrected chi connectivity index (χ0v) is 15.7. The van der Waals surface area contributed by atoms with Gasteiger partial charge in [0.2, 0.25) is 0 Å². The highest BCUT2D eigenvalue weighted by Gasteiger charge is 2.32. The summed E-state index contributed by atoms with van der Waals surface area (Å²) in [5.41, 5.74) is 0.603. The lowest BCUT2D eigenvalue weighted by Crippen LogP contribution is -2.42. The summed E-state index contributed by atoms with van der Waals surface area (Å²) in [5.74, 6) is 0.177. The molecular weight excluding hydrogens is 397 g/mol. The second-order valence-electron chi connectivity index (χ2n) is 7.11. The van der Waals surface area contributed by atoms with Crippen LogP contribution in [0.1, 0.15) is 35.7 Å². The maximum absolute atomic E-state index is 13.1. The molecule has 1 aromatic carbocycles. The van der Waals surface area contributed by atoms with Crippen molar-refractivity contribution in [2.75, 3.05) is 18.4 Å². The van der Waals surface area contributed by atoms with Crippen LogP contribution in [0.5, 0.6) is 0 Å². The van der Waals surface area contributed by atoms with Gasteiger partial charge in [0.25, 0.3) is 0 Å². The molecule has 3 aromatic rings. The van der Waals surface area contributed by atoms with Crippen LogP contribution in [0.15, 0.2) is 42.6 Å². The summed E-state index contributed by atoms with van der Waals surface area (Å²) in [6.45, 7) is 0.850. The summed E-state index contributed by atoms with van der Waals surface area (Å²) in [6.07, 6.45) is -2.08. The highest BCUT2D eigenvalue weighted by atomic mass is 19.4. The fraction of sp³-hybridized carbons (Fsp3) is 0.300. The summed E-state index contributed by atoms with van der Waals surface area (Å²) < 4.78 is 40.6. The Morgan fingerprint density at radius 1 is 1.17 bits per heavy atom. The fourth-order valence-corrected chi connectivity index (χ4v) is 3.56. The molecule has 0 aliphatic carbocycles. The number of likely N-dealkylation sites (tertiary alicyclic amines) is 1. The number of urea groups is 1. The number of nitrogens with zero attached hydrogens (tertiary/aromatic N) is 5. The minimum Gasteiger partial charge on any atom is -0.324 e. The van der Waals surface area contributed by atoms with Crippen molar-refractivity contribution in [3.05, 3.63) is 59.5 Å². The van der Waals surface area contributed by atoms with Crippen LogP contribution in [0.3, 0.4) is 0 Å². The largest absolute Gasteiger partial charge is 0.417 e. The molecule has 154 valence electrons. The van der Waals surface area contributed by atoms with E-state index in [1.807, 2.05) is 6.07 Å². The summed E-state index contributed by atoms with van der Waals surface area (Å²) >= 11 is 0. The Hall–Kier alpha value is -3.61. The number of nitrogens with one attached hydrogen (secondary N) is 1. The smallest absolute Gasteiger partial charge is 0.324 e. The lowest BCUT2D eigenvalue weighted by molar-refractivity contribution is -0.137. The number of nitriles is 1. The minimum atomic E-state index is -4.46. The predicted molar refractivity (Wildman–Crippen MR) is 102 cm³/mol. The standard InChI is InChI=1S/C20H17F3N6O/c21-20(22,23)15-5-8-17-26-27-18(29(17)12-15)14-2-1-9-28(11-14)19(30)25-16-6-3-13(10-24)4-7-16/h3-8,12,14H,1-2,9,11H2,(H,25,30). The molecule has 1 saturated heterocycles. The van der Waals surface area contributed by atoms with Gasteiger partial charge in [0.1, 0.15) is 5.82 Å². The average Bonchev–Trinajstić information content (AvgIpc) is 3.17. The average molecular weight is 414 g/mol. The first-order valence-electron chi connectivity index (χ1n) is 9.33. The third-order valence-corrected chi connectivity index (χ3v) is 5.10. The molecule has 0 bridgehead atoms. The monoisotopic (exact) mass is 414 g/mol. The topological polar surface area (TPSA) is 86.3 Å². The number of anilines is 1. The Morgan fingerprint density at radius 2 is 1.93 bits per heavy atom. The molecule has 1 atom stereocenters. The van der Waals surface area contributed by atoms with Crippen LogP contribution in [-0.2, 0) is 6.18 Å². The Labute approximate surface area is 169 Å². The minimum absolute atomic E-state index is 0.232. The van der Waals surface area contributed by atoms with Gasteiger partial charge < -0.3 is 10.2 Å². The Morgan fingerprint density at radius 3 is 2.63 bits per heavy atom. The zero-order chi connectivity index (χ0) is 21.3. The van der Waals surface area contributed by atoms with Crippen molar-refractivity contribution >= 4 is 17.4 Å². The van der Waals surface area contributed by atoms with E-state index in [2.05, 4.69) is 15.5 Å². The van der Waals surface area contributed by atoms with Crippen LogP contribution >= 0.6 is 0 Å². The van der Waals surface area contributed by atoms with Crippen molar-refractivity contribution in [2.45, 2.75) is 24.9 Å². The van der Waals surface area contributed by atoms with E-state index in [-0.39, 0.29) is 11.9 Å². The van der Waals surface area contributed by atoms with E-state index in [4.69, 9.17) is 5.26 Å². The van der Waals surface area contributed by atoms with Crippen molar-refractivity contribution < 1.29 is 18.0 Å². The molecule has 3 heterocycles. The van der Waals surface area contributed by atoms with E-state index in [1.54, 1.807) is 29.2 Å². The van der Waals surface area contributed by atoms with Crippen molar-refractivity contribution in [3.8, 4) is 6.07 Å². The number of hydrogen-bond donors (Lipinski definition) is 1. The van der Waals surface area contributed by atoms with E-state index in [0.717, 1.165) is 12.3 Å². The molecular formula is C20H17F3N6O. The lowest BCUT2D eigenvalue weighted by atomic mass is 9.97. The number of fused-ring (bicyclic) bond motifs is 1. The summed E-state index contributed by atoms with van der Waals surface area (Å²) in [5, 5.41) is 19.7. The summed E-state index contributed by atoms with van der Waals surface area (Å²) in [7, 11) is 0. The number of carbonyl (C=O) groups is 1. The van der Waals surface area contributed by atoms with Gasteiger partial charge in [0.05, 0.1) is 17.2 Å². The van der Waals surface area contributed by atoms with Gasteiger partial charge in [-0.3, -0.25) is 4.40 Å². The van der Waals surface area contributed by atoms with Crippen LogP contribution in [0.4, 0.5) is 23.7 Å². The molecule has 1 aliphatic rings. The Bertz CT molecular complexity index is 1120. The van der Waals surface area contributed by atoms with E-state index >= 15 is 0 Å². The van der Waals surface area contributed by atoms with E-state index in [0.29, 0.717) is 48.7 Å². The molecule has 1 fully saturated rings. The number of rotatable bonds is 2. The number of carbonyl (C=O) groups excluding carboxylic acids is 1. The van der Waals surface area contributed by atoms with Crippen molar-refractivity contribution in [3.63, 3.8) is 0 Å². The van der Waals surface area contributed by atoms with Gasteiger partial charge in [-0.15, -0.1) is 10.2 Å². The van der Waals surface area contributed by atoms with Crippen molar-refractivity contribution in [1.82, 2.24) is 19.5 Å². The second-order valence-corrected chi connectivity index (χ2v) is 7.11. The fourth-order valence-electron chi connectivity index (χ4n) is 3.56. The SMILES string of the molecule is N#Cc1ccc(NC(=O)N2CCCC(c3nnc4ccc(C(F)(F)F)cn34)C2)cc1. The lowest BCUT2D eigenvalue weighted by Gasteiger charge is -2.32. The highest BCUT2D eigenvalue weighted by Crippen LogP contribution is 2.31. The first-order valence-corrected chi connectivity index (χ1v) is 9.33. The quantitative estimate of drug-likeness (QED) is 0.686. The van der Waals surface area contributed by atoms with Gasteiger partial charge in [-0.25, -0.2) is 4.79 Å². The summed E-state index contributed by atoms with van der Waals surface area (Å²) in [6, 6.07) is 10.5. The van der Waals surface area contributed by atoms with Crippen molar-refractivity contribution in [2.24, 2.45) is 0 Å². The van der Waals surface area contributed by atoms with Gasteiger partial charge >= 0.3 is 12.2 Å². The Kier molecular flexibility index (Phi) is 5.03. The van der Waals surface area contributed by atoms with Crippen LogP contribution in [-0.4, -0.2) is 38.6 Å². The van der Waals surface area contributed by atoms with E-state index < -0.39 is 11.7 Å². The maximum atomic E-state index is 13.1. The van der Waals surface area contributed by atoms with Crippen LogP contribution in [0.25, 0.3) is 5.65 Å². The third-order valence-electron chi connectivity index (χ3n) is 5.10. The van der Waals surface area contributed by atoms with Gasteiger partial charge in [-0.1, -0.05) is 0 Å². The molecule has 2 aromatic heterocycles. The van der Waals surface area contributed by atoms with Gasteiger partial charge in [0, 0.05) is 30.9 Å².